The molecule has 4 aromatic carbocycles. The summed E-state index contributed by atoms with van der Waals surface area (Å²) in [6, 6.07) is 25.8. The summed E-state index contributed by atoms with van der Waals surface area (Å²) in [6.07, 6.45) is 4.31. The lowest BCUT2D eigenvalue weighted by Gasteiger charge is -2.10. The fraction of sp³-hybridized carbons (Fsp3) is 0.258. The van der Waals surface area contributed by atoms with E-state index in [0.717, 1.165) is 47.4 Å². The van der Waals surface area contributed by atoms with Gasteiger partial charge in [-0.3, -0.25) is 0 Å². The molecule has 0 aromatic heterocycles. The van der Waals surface area contributed by atoms with Crippen LogP contribution in [0.1, 0.15) is 49.9 Å². The van der Waals surface area contributed by atoms with Gasteiger partial charge in [-0.1, -0.05) is 51.0 Å². The molecule has 6 nitrogen and oxygen atoms in total. The van der Waals surface area contributed by atoms with E-state index in [1.165, 1.54) is 12.8 Å². The predicted molar refractivity (Wildman–Crippen MR) is 147 cm³/mol. The van der Waals surface area contributed by atoms with Gasteiger partial charge in [-0.25, -0.2) is 4.79 Å². The summed E-state index contributed by atoms with van der Waals surface area (Å²) in [5.74, 6) is 1.59. The van der Waals surface area contributed by atoms with Crippen molar-refractivity contribution in [3.63, 3.8) is 0 Å². The Hall–Kier alpha value is -4.19. The number of hydrogen-bond acceptors (Lipinski definition) is 6. The van der Waals surface area contributed by atoms with Crippen molar-refractivity contribution in [2.45, 2.75) is 39.5 Å². The minimum atomic E-state index is -0.432. The molecule has 6 heteroatoms. The fourth-order valence-electron chi connectivity index (χ4n) is 3.76. The molecule has 0 atom stereocenters. The number of esters is 1. The van der Waals surface area contributed by atoms with Crippen LogP contribution in [0.2, 0.25) is 0 Å². The number of rotatable bonds is 12. The highest BCUT2D eigenvalue weighted by molar-refractivity contribution is 5.99. The lowest BCUT2D eigenvalue weighted by molar-refractivity contribution is 0.0737. The molecule has 0 spiro atoms. The lowest BCUT2D eigenvalue weighted by Crippen LogP contribution is -2.08. The summed E-state index contributed by atoms with van der Waals surface area (Å²) < 4.78 is 17.1. The van der Waals surface area contributed by atoms with Crippen LogP contribution in [0, 0.1) is 0 Å². The van der Waals surface area contributed by atoms with Crippen LogP contribution in [-0.4, -0.2) is 19.2 Å². The third-order valence-corrected chi connectivity index (χ3v) is 5.75. The van der Waals surface area contributed by atoms with Crippen molar-refractivity contribution in [2.24, 2.45) is 10.2 Å². The van der Waals surface area contributed by atoms with Crippen LogP contribution in [0.25, 0.3) is 10.8 Å². The second-order valence-electron chi connectivity index (χ2n) is 8.64. The van der Waals surface area contributed by atoms with E-state index >= 15 is 0 Å². The Bertz CT molecular complexity index is 1330. The monoisotopic (exact) mass is 496 g/mol. The zero-order valence-corrected chi connectivity index (χ0v) is 21.4. The van der Waals surface area contributed by atoms with E-state index < -0.39 is 5.97 Å². The number of ether oxygens (including phenoxy) is 3. The topological polar surface area (TPSA) is 69.5 Å². The molecule has 0 aliphatic rings. The van der Waals surface area contributed by atoms with Gasteiger partial charge in [0.05, 0.1) is 30.2 Å². The minimum absolute atomic E-state index is 0.432. The summed E-state index contributed by atoms with van der Waals surface area (Å²) in [7, 11) is 0. The molecular weight excluding hydrogens is 464 g/mol. The first-order valence-corrected chi connectivity index (χ1v) is 12.8. The average Bonchev–Trinajstić information content (AvgIpc) is 2.94. The summed E-state index contributed by atoms with van der Waals surface area (Å²) in [5.41, 5.74) is 1.87. The van der Waals surface area contributed by atoms with Gasteiger partial charge >= 0.3 is 5.97 Å². The molecule has 4 rings (SSSR count). The normalized spacial score (nSPS) is 11.1. The van der Waals surface area contributed by atoms with E-state index in [9.17, 15) is 4.79 Å². The van der Waals surface area contributed by atoms with Crippen LogP contribution in [0.4, 0.5) is 11.4 Å². The van der Waals surface area contributed by atoms with Crippen molar-refractivity contribution in [1.82, 2.24) is 0 Å². The Morgan fingerprint density at radius 2 is 1.35 bits per heavy atom. The van der Waals surface area contributed by atoms with Gasteiger partial charge in [0.25, 0.3) is 0 Å². The molecule has 0 amide bonds. The summed E-state index contributed by atoms with van der Waals surface area (Å²) >= 11 is 0. The molecule has 37 heavy (non-hydrogen) atoms. The van der Waals surface area contributed by atoms with E-state index in [1.54, 1.807) is 36.4 Å². The van der Waals surface area contributed by atoms with E-state index in [-0.39, 0.29) is 0 Å². The molecule has 190 valence electrons. The van der Waals surface area contributed by atoms with Crippen LogP contribution in [0.3, 0.4) is 0 Å². The van der Waals surface area contributed by atoms with Gasteiger partial charge in [-0.2, -0.15) is 5.11 Å². The zero-order chi connectivity index (χ0) is 25.9. The Labute approximate surface area is 217 Å². The van der Waals surface area contributed by atoms with E-state index in [1.807, 2.05) is 55.5 Å². The number of azo groups is 1. The molecule has 0 saturated heterocycles. The van der Waals surface area contributed by atoms with Gasteiger partial charge in [0.1, 0.15) is 17.2 Å². The van der Waals surface area contributed by atoms with Crippen molar-refractivity contribution >= 4 is 28.1 Å². The van der Waals surface area contributed by atoms with Gasteiger partial charge in [-0.05, 0) is 73.5 Å². The first kappa shape index (κ1) is 25.9. The van der Waals surface area contributed by atoms with Gasteiger partial charge in [0, 0.05) is 10.8 Å². The highest BCUT2D eigenvalue weighted by Gasteiger charge is 2.13. The second kappa shape index (κ2) is 13.2. The first-order valence-electron chi connectivity index (χ1n) is 12.8. The van der Waals surface area contributed by atoms with E-state index in [4.69, 9.17) is 14.2 Å². The van der Waals surface area contributed by atoms with Crippen LogP contribution < -0.4 is 14.2 Å². The maximum Gasteiger partial charge on any atom is 0.343 e. The molecule has 0 N–H and O–H groups in total. The third-order valence-electron chi connectivity index (χ3n) is 5.75. The van der Waals surface area contributed by atoms with Gasteiger partial charge < -0.3 is 14.2 Å². The molecule has 4 aromatic rings. The van der Waals surface area contributed by atoms with Crippen molar-refractivity contribution in [2.75, 3.05) is 13.2 Å². The smallest absolute Gasteiger partial charge is 0.343 e. The van der Waals surface area contributed by atoms with Crippen LogP contribution >= 0.6 is 0 Å². The molecule has 0 fully saturated rings. The van der Waals surface area contributed by atoms with Gasteiger partial charge in [0.2, 0.25) is 0 Å². The van der Waals surface area contributed by atoms with Crippen molar-refractivity contribution < 1.29 is 19.0 Å². The molecule has 0 bridgehead atoms. The van der Waals surface area contributed by atoms with E-state index in [2.05, 4.69) is 17.2 Å². The Morgan fingerprint density at radius 3 is 2.05 bits per heavy atom. The van der Waals surface area contributed by atoms with Crippen molar-refractivity contribution in [3.05, 3.63) is 90.5 Å². The number of hydrogen-bond donors (Lipinski definition) is 0. The number of unbranched alkanes of at least 4 members (excludes halogenated alkanes) is 2. The summed E-state index contributed by atoms with van der Waals surface area (Å²) in [4.78, 5) is 12.8. The first-order chi connectivity index (χ1) is 18.2. The molecular formula is C31H32N2O4. The summed E-state index contributed by atoms with van der Waals surface area (Å²) in [5, 5.41) is 10.5. The largest absolute Gasteiger partial charge is 0.494 e. The summed E-state index contributed by atoms with van der Waals surface area (Å²) in [6.45, 7) is 5.58. The number of benzene rings is 4. The molecule has 0 unspecified atom stereocenters. The minimum Gasteiger partial charge on any atom is -0.494 e. The number of carbonyl (C=O) groups excluding carboxylic acids is 1. The molecule has 0 heterocycles. The number of nitrogens with zero attached hydrogens (tertiary/aromatic N) is 2. The van der Waals surface area contributed by atoms with Crippen molar-refractivity contribution in [3.8, 4) is 17.2 Å². The number of fused-ring (bicyclic) bond motifs is 1. The quantitative estimate of drug-likeness (QED) is 0.0850. The standard InChI is InChI=1S/C31H32N2O4/c1-3-5-8-22-36-26-17-13-24(14-18-26)32-33-29-19-20-30(28-10-7-6-9-27(28)29)37-31(34)23-11-15-25(16-12-23)35-21-4-2/h6-7,9-20H,3-5,8,21-22H2,1-2H3. The zero-order valence-electron chi connectivity index (χ0n) is 21.4. The molecule has 0 aliphatic heterocycles. The maximum atomic E-state index is 12.8. The van der Waals surface area contributed by atoms with Crippen LogP contribution in [-0.2, 0) is 0 Å². The Morgan fingerprint density at radius 1 is 0.676 bits per heavy atom. The van der Waals surface area contributed by atoms with Crippen LogP contribution in [0.5, 0.6) is 17.2 Å². The molecule has 0 radical (unpaired) electrons. The number of carbonyl (C=O) groups is 1. The predicted octanol–water partition coefficient (Wildman–Crippen LogP) is 8.83. The highest BCUT2D eigenvalue weighted by Crippen LogP contribution is 2.34. The van der Waals surface area contributed by atoms with Crippen LogP contribution in [0.15, 0.2) is 95.2 Å². The lowest BCUT2D eigenvalue weighted by atomic mass is 10.1. The SMILES string of the molecule is CCCCCOc1ccc(N=Nc2ccc(OC(=O)c3ccc(OCCC)cc3)c3ccccc23)cc1. The van der Waals surface area contributed by atoms with Gasteiger partial charge in [0.15, 0.2) is 0 Å². The highest BCUT2D eigenvalue weighted by atomic mass is 16.5. The molecule has 0 saturated carbocycles. The van der Waals surface area contributed by atoms with Gasteiger partial charge in [-0.15, -0.1) is 5.11 Å². The average molecular weight is 497 g/mol. The Kier molecular flexibility index (Phi) is 9.24. The second-order valence-corrected chi connectivity index (χ2v) is 8.64. The Balaban J connectivity index is 1.46. The van der Waals surface area contributed by atoms with E-state index in [0.29, 0.717) is 23.6 Å². The third kappa shape index (κ3) is 7.17. The maximum absolute atomic E-state index is 12.8. The fourth-order valence-corrected chi connectivity index (χ4v) is 3.76. The van der Waals surface area contributed by atoms with Crippen molar-refractivity contribution in [1.29, 1.82) is 0 Å². The molecule has 0 aliphatic carbocycles.